The van der Waals surface area contributed by atoms with Gasteiger partial charge in [-0.2, -0.15) is 0 Å². The van der Waals surface area contributed by atoms with E-state index in [1.165, 1.54) is 6.42 Å². The zero-order valence-electron chi connectivity index (χ0n) is 22.7. The highest BCUT2D eigenvalue weighted by atomic mass is 16.4. The van der Waals surface area contributed by atoms with Crippen molar-refractivity contribution < 1.29 is 24.3 Å². The molecule has 0 aromatic heterocycles. The van der Waals surface area contributed by atoms with Gasteiger partial charge in [0.15, 0.2) is 0 Å². The van der Waals surface area contributed by atoms with Crippen LogP contribution in [0.5, 0.6) is 0 Å². The molecular weight excluding hydrogens is 510 g/mol. The molecule has 0 bridgehead atoms. The highest BCUT2D eigenvalue weighted by Crippen LogP contribution is 2.22. The van der Waals surface area contributed by atoms with E-state index in [0.29, 0.717) is 30.1 Å². The summed E-state index contributed by atoms with van der Waals surface area (Å²) in [5.74, 6) is -2.57. The average molecular weight is 548 g/mol. The minimum absolute atomic E-state index is 0.0301. The Morgan fingerprint density at radius 2 is 1.75 bits per heavy atom. The Morgan fingerprint density at radius 3 is 2.42 bits per heavy atom. The van der Waals surface area contributed by atoms with Crippen LogP contribution in [0.1, 0.15) is 43.2 Å². The molecule has 3 amide bonds. The molecular formula is C30H37N5O5. The van der Waals surface area contributed by atoms with Gasteiger partial charge in [-0.25, -0.2) is 4.79 Å². The lowest BCUT2D eigenvalue weighted by Crippen LogP contribution is -2.49. The van der Waals surface area contributed by atoms with Gasteiger partial charge in [0.05, 0.1) is 6.17 Å². The van der Waals surface area contributed by atoms with Crippen molar-refractivity contribution in [3.63, 3.8) is 0 Å². The van der Waals surface area contributed by atoms with Gasteiger partial charge in [0.25, 0.3) is 0 Å². The highest BCUT2D eigenvalue weighted by Gasteiger charge is 2.33. The molecule has 2 aliphatic rings. The molecule has 212 valence electrons. The summed E-state index contributed by atoms with van der Waals surface area (Å²) in [5, 5.41) is 21.5. The number of aldehydes is 1. The number of carbonyl (C=O) groups excluding carboxylic acids is 3. The third-order valence-electron chi connectivity index (χ3n) is 7.40. The molecule has 1 aliphatic carbocycles. The Bertz CT molecular complexity index is 1240. The van der Waals surface area contributed by atoms with Crippen molar-refractivity contribution >= 4 is 35.6 Å². The first-order valence-electron chi connectivity index (χ1n) is 13.7. The average Bonchev–Trinajstić information content (AvgIpc) is 3.35. The van der Waals surface area contributed by atoms with Crippen LogP contribution < -0.4 is 21.3 Å². The van der Waals surface area contributed by atoms with E-state index in [2.05, 4.69) is 21.3 Å². The van der Waals surface area contributed by atoms with Crippen molar-refractivity contribution in [1.82, 2.24) is 15.5 Å². The first-order valence-corrected chi connectivity index (χ1v) is 13.7. The zero-order chi connectivity index (χ0) is 28.5. The summed E-state index contributed by atoms with van der Waals surface area (Å²) in [4.78, 5) is 50.0. The molecule has 0 saturated heterocycles. The summed E-state index contributed by atoms with van der Waals surface area (Å²) in [7, 11) is 0. The SMILES string of the molecule is Cc1ccccc1NC(=O)Nc1ccc(CNC(=O)C2=CC(NC3CCCCC3)N(CC(C=O)C(=O)O)C2)cc1. The summed E-state index contributed by atoms with van der Waals surface area (Å²) in [6, 6.07) is 14.7. The van der Waals surface area contributed by atoms with E-state index in [1.807, 2.05) is 54.3 Å². The van der Waals surface area contributed by atoms with Crippen LogP contribution in [-0.2, 0) is 20.9 Å². The van der Waals surface area contributed by atoms with E-state index in [0.717, 1.165) is 42.5 Å². The van der Waals surface area contributed by atoms with Gasteiger partial charge < -0.3 is 25.9 Å². The topological polar surface area (TPSA) is 140 Å². The van der Waals surface area contributed by atoms with Crippen molar-refractivity contribution in [2.75, 3.05) is 23.7 Å². The second-order valence-corrected chi connectivity index (χ2v) is 10.4. The predicted octanol–water partition coefficient (Wildman–Crippen LogP) is 3.65. The lowest BCUT2D eigenvalue weighted by atomic mass is 9.95. The maximum absolute atomic E-state index is 13.0. The number of carboxylic acids is 1. The molecule has 1 aliphatic heterocycles. The second kappa shape index (κ2) is 13.9. The summed E-state index contributed by atoms with van der Waals surface area (Å²) in [6.07, 6.45) is 7.54. The second-order valence-electron chi connectivity index (χ2n) is 10.4. The van der Waals surface area contributed by atoms with Gasteiger partial charge in [-0.3, -0.25) is 19.8 Å². The number of rotatable bonds is 11. The summed E-state index contributed by atoms with van der Waals surface area (Å²) in [5.41, 5.74) is 3.72. The molecule has 40 heavy (non-hydrogen) atoms. The largest absolute Gasteiger partial charge is 0.481 e. The minimum atomic E-state index is -1.17. The number of nitrogens with zero attached hydrogens (tertiary/aromatic N) is 1. The quantitative estimate of drug-likeness (QED) is 0.214. The zero-order valence-corrected chi connectivity index (χ0v) is 22.7. The van der Waals surface area contributed by atoms with E-state index < -0.39 is 11.9 Å². The van der Waals surface area contributed by atoms with Crippen LogP contribution in [0.15, 0.2) is 60.2 Å². The first kappa shape index (κ1) is 29.0. The fourth-order valence-corrected chi connectivity index (χ4v) is 5.09. The molecule has 1 heterocycles. The molecule has 1 saturated carbocycles. The number of aryl methyl sites for hydroxylation is 1. The number of amides is 3. The fraction of sp³-hybridized carbons (Fsp3) is 0.400. The number of anilines is 2. The van der Waals surface area contributed by atoms with Gasteiger partial charge in [0, 0.05) is 42.6 Å². The Hall–Kier alpha value is -4.02. The number of benzene rings is 2. The number of urea groups is 1. The Balaban J connectivity index is 1.31. The molecule has 0 spiro atoms. The first-order chi connectivity index (χ1) is 19.3. The van der Waals surface area contributed by atoms with Crippen LogP contribution in [0.3, 0.4) is 0 Å². The van der Waals surface area contributed by atoms with Crippen molar-refractivity contribution in [3.05, 3.63) is 71.3 Å². The number of carbonyl (C=O) groups is 4. The van der Waals surface area contributed by atoms with Gasteiger partial charge in [0.1, 0.15) is 12.2 Å². The van der Waals surface area contributed by atoms with Crippen LogP contribution in [0.2, 0.25) is 0 Å². The normalized spacial score (nSPS) is 18.4. The molecule has 1 fully saturated rings. The van der Waals surface area contributed by atoms with Gasteiger partial charge >= 0.3 is 12.0 Å². The lowest BCUT2D eigenvalue weighted by molar-refractivity contribution is -0.144. The smallest absolute Gasteiger partial charge is 0.323 e. The van der Waals surface area contributed by atoms with Crippen molar-refractivity contribution in [2.24, 2.45) is 5.92 Å². The van der Waals surface area contributed by atoms with E-state index >= 15 is 0 Å². The van der Waals surface area contributed by atoms with E-state index in [-0.39, 0.29) is 31.2 Å². The minimum Gasteiger partial charge on any atom is -0.481 e. The lowest BCUT2D eigenvalue weighted by Gasteiger charge is -2.32. The van der Waals surface area contributed by atoms with E-state index in [4.69, 9.17) is 0 Å². The third-order valence-corrected chi connectivity index (χ3v) is 7.40. The third kappa shape index (κ3) is 8.00. The van der Waals surface area contributed by atoms with Gasteiger partial charge in [-0.15, -0.1) is 0 Å². The fourth-order valence-electron chi connectivity index (χ4n) is 5.09. The van der Waals surface area contributed by atoms with Crippen LogP contribution in [-0.4, -0.2) is 59.5 Å². The molecule has 0 radical (unpaired) electrons. The van der Waals surface area contributed by atoms with Crippen LogP contribution in [0.25, 0.3) is 0 Å². The van der Waals surface area contributed by atoms with Gasteiger partial charge in [-0.05, 0) is 55.2 Å². The molecule has 2 aromatic carbocycles. The van der Waals surface area contributed by atoms with Crippen molar-refractivity contribution in [2.45, 2.75) is 57.8 Å². The molecule has 2 aromatic rings. The number of hydrogen-bond acceptors (Lipinski definition) is 6. The van der Waals surface area contributed by atoms with Crippen LogP contribution >= 0.6 is 0 Å². The monoisotopic (exact) mass is 547 g/mol. The molecule has 10 nitrogen and oxygen atoms in total. The number of carboxylic acid groups (broad SMARTS) is 1. The highest BCUT2D eigenvalue weighted by molar-refractivity contribution is 6.00. The number of aliphatic carboxylic acids is 1. The Morgan fingerprint density at radius 1 is 1.02 bits per heavy atom. The maximum Gasteiger partial charge on any atom is 0.323 e. The summed E-state index contributed by atoms with van der Waals surface area (Å²) < 4.78 is 0. The predicted molar refractivity (Wildman–Crippen MR) is 153 cm³/mol. The van der Waals surface area contributed by atoms with E-state index in [1.54, 1.807) is 12.1 Å². The standard InChI is InChI=1S/C30H37N5O5/c1-20-7-5-6-10-26(20)34-30(40)33-25-13-11-21(12-14-25)16-31-28(37)22-15-27(32-24-8-3-2-4-9-24)35(17-22)18-23(19-36)29(38)39/h5-7,10-15,19,23-24,27,32H,2-4,8-9,16-18H2,1H3,(H,31,37)(H,38,39)(H2,33,34,40). The number of para-hydroxylation sites is 1. The number of hydrogen-bond donors (Lipinski definition) is 5. The van der Waals surface area contributed by atoms with Gasteiger partial charge in [-0.1, -0.05) is 49.6 Å². The molecule has 4 rings (SSSR count). The van der Waals surface area contributed by atoms with Crippen LogP contribution in [0.4, 0.5) is 16.2 Å². The molecule has 5 N–H and O–H groups in total. The Labute approximate surface area is 234 Å². The van der Waals surface area contributed by atoms with Crippen LogP contribution in [0, 0.1) is 12.8 Å². The maximum atomic E-state index is 13.0. The molecule has 2 atom stereocenters. The summed E-state index contributed by atoms with van der Waals surface area (Å²) in [6.45, 7) is 2.50. The number of nitrogens with one attached hydrogen (secondary N) is 4. The molecule has 10 heteroatoms. The van der Waals surface area contributed by atoms with Crippen molar-refractivity contribution in [3.8, 4) is 0 Å². The Kier molecular flexibility index (Phi) is 10.0. The molecule has 2 unspecified atom stereocenters. The van der Waals surface area contributed by atoms with Gasteiger partial charge in [0.2, 0.25) is 5.91 Å². The van der Waals surface area contributed by atoms with E-state index in [9.17, 15) is 24.3 Å². The summed E-state index contributed by atoms with van der Waals surface area (Å²) >= 11 is 0. The van der Waals surface area contributed by atoms with Crippen molar-refractivity contribution in [1.29, 1.82) is 0 Å².